The van der Waals surface area contributed by atoms with E-state index in [1.807, 2.05) is 6.07 Å². The van der Waals surface area contributed by atoms with Gasteiger partial charge in [-0.15, -0.1) is 0 Å². The SMILES string of the molecule is COc1ccc(CNC(=O)[C@]2(CCC(=O)OC(C)(C)C)N=C(c3ccc(OCCCO)cc3)O[C@@H]2c2ccc(Cl)cc2Cl)cc1OC. The Kier molecular flexibility index (Phi) is 12.0. The van der Waals surface area contributed by atoms with Crippen LogP contribution in [0.3, 0.4) is 0 Å². The summed E-state index contributed by atoms with van der Waals surface area (Å²) in [6.45, 7) is 5.84. The number of benzene rings is 3. The maximum Gasteiger partial charge on any atom is 0.306 e. The van der Waals surface area contributed by atoms with Crippen molar-refractivity contribution in [2.45, 2.75) is 63.8 Å². The second-order valence-corrected chi connectivity index (χ2v) is 12.8. The predicted molar refractivity (Wildman–Crippen MR) is 180 cm³/mol. The molecule has 1 heterocycles. The fourth-order valence-corrected chi connectivity index (χ4v) is 5.58. The number of carbonyl (C=O) groups is 2. The molecule has 1 aliphatic heterocycles. The maximum atomic E-state index is 14.4. The van der Waals surface area contributed by atoms with Gasteiger partial charge >= 0.3 is 5.97 Å². The Labute approximate surface area is 284 Å². The molecule has 1 aliphatic rings. The minimum atomic E-state index is -1.63. The number of aliphatic hydroxyl groups excluding tert-OH is 1. The first kappa shape index (κ1) is 35.9. The van der Waals surface area contributed by atoms with Crippen molar-refractivity contribution in [3.63, 3.8) is 0 Å². The molecule has 2 atom stereocenters. The van der Waals surface area contributed by atoms with Gasteiger partial charge in [0.1, 0.15) is 11.4 Å². The van der Waals surface area contributed by atoms with E-state index < -0.39 is 29.1 Å². The molecule has 0 unspecified atom stereocenters. The molecule has 0 aliphatic carbocycles. The van der Waals surface area contributed by atoms with Gasteiger partial charge in [0.05, 0.1) is 20.8 Å². The van der Waals surface area contributed by atoms with Crippen molar-refractivity contribution in [2.24, 2.45) is 4.99 Å². The highest BCUT2D eigenvalue weighted by Crippen LogP contribution is 2.46. The second kappa shape index (κ2) is 15.7. The van der Waals surface area contributed by atoms with Crippen LogP contribution in [-0.2, 0) is 25.6 Å². The first-order chi connectivity index (χ1) is 22.4. The maximum absolute atomic E-state index is 14.4. The molecular weight excluding hydrogens is 647 g/mol. The lowest BCUT2D eigenvalue weighted by molar-refractivity contribution is -0.155. The number of hydrogen-bond acceptors (Lipinski definition) is 9. The van der Waals surface area contributed by atoms with Crippen LogP contribution in [0.15, 0.2) is 65.7 Å². The molecule has 47 heavy (non-hydrogen) atoms. The van der Waals surface area contributed by atoms with Crippen LogP contribution in [0.5, 0.6) is 17.2 Å². The molecule has 0 bridgehead atoms. The quantitative estimate of drug-likeness (QED) is 0.146. The molecule has 2 N–H and O–H groups in total. The average Bonchev–Trinajstić information content (AvgIpc) is 3.42. The molecule has 3 aromatic carbocycles. The summed E-state index contributed by atoms with van der Waals surface area (Å²) in [5.41, 5.74) is -0.540. The zero-order valence-corrected chi connectivity index (χ0v) is 28.6. The van der Waals surface area contributed by atoms with Crippen LogP contribution >= 0.6 is 23.2 Å². The number of carbonyl (C=O) groups excluding carboxylic acids is 2. The summed E-state index contributed by atoms with van der Waals surface area (Å²) in [6.07, 6.45) is -0.689. The number of hydrogen-bond donors (Lipinski definition) is 2. The number of methoxy groups -OCH3 is 2. The third kappa shape index (κ3) is 9.09. The van der Waals surface area contributed by atoms with Gasteiger partial charge in [-0.2, -0.15) is 0 Å². The molecule has 4 rings (SSSR count). The fourth-order valence-electron chi connectivity index (χ4n) is 5.07. The Morgan fingerprint density at radius 1 is 1.00 bits per heavy atom. The summed E-state index contributed by atoms with van der Waals surface area (Å²) in [7, 11) is 3.08. The Hall–Kier alpha value is -3.99. The van der Waals surface area contributed by atoms with E-state index in [1.54, 1.807) is 82.5 Å². The highest BCUT2D eigenvalue weighted by atomic mass is 35.5. The van der Waals surface area contributed by atoms with Crippen molar-refractivity contribution in [1.82, 2.24) is 5.32 Å². The second-order valence-electron chi connectivity index (χ2n) is 11.9. The Morgan fingerprint density at radius 2 is 1.72 bits per heavy atom. The molecule has 0 saturated heterocycles. The monoisotopic (exact) mass is 686 g/mol. The van der Waals surface area contributed by atoms with Gasteiger partial charge in [0.15, 0.2) is 23.1 Å². The number of aliphatic imine (C=N–C) groups is 1. The number of aliphatic hydroxyl groups is 1. The minimum absolute atomic E-state index is 0.0246. The van der Waals surface area contributed by atoms with Crippen LogP contribution in [-0.4, -0.2) is 61.5 Å². The Balaban J connectivity index is 1.75. The summed E-state index contributed by atoms with van der Waals surface area (Å²) >= 11 is 12.9. The fraction of sp³-hybridized carbons (Fsp3) is 0.400. The third-order valence-corrected chi connectivity index (χ3v) is 7.87. The van der Waals surface area contributed by atoms with Gasteiger partial charge in [0, 0.05) is 47.2 Å². The van der Waals surface area contributed by atoms with Crippen LogP contribution in [0, 0.1) is 0 Å². The summed E-state index contributed by atoms with van der Waals surface area (Å²) in [6, 6.07) is 17.3. The molecule has 10 nitrogen and oxygen atoms in total. The summed E-state index contributed by atoms with van der Waals surface area (Å²) in [5, 5.41) is 12.7. The van der Waals surface area contributed by atoms with E-state index in [0.717, 1.165) is 5.56 Å². The molecule has 0 radical (unpaired) electrons. The predicted octanol–water partition coefficient (Wildman–Crippen LogP) is 6.47. The van der Waals surface area contributed by atoms with Crippen LogP contribution in [0.25, 0.3) is 0 Å². The Morgan fingerprint density at radius 3 is 2.36 bits per heavy atom. The van der Waals surface area contributed by atoms with Crippen LogP contribution in [0.4, 0.5) is 0 Å². The van der Waals surface area contributed by atoms with Crippen LogP contribution < -0.4 is 19.5 Å². The molecule has 0 spiro atoms. The first-order valence-corrected chi connectivity index (χ1v) is 15.9. The van der Waals surface area contributed by atoms with Crippen molar-refractivity contribution in [2.75, 3.05) is 27.4 Å². The summed E-state index contributed by atoms with van der Waals surface area (Å²) in [5.74, 6) is 0.884. The Bertz CT molecular complexity index is 1590. The smallest absolute Gasteiger partial charge is 0.306 e. The number of nitrogens with one attached hydrogen (secondary N) is 1. The lowest BCUT2D eigenvalue weighted by Crippen LogP contribution is -2.48. The molecule has 0 aromatic heterocycles. The van der Waals surface area contributed by atoms with Gasteiger partial charge in [-0.3, -0.25) is 9.59 Å². The lowest BCUT2D eigenvalue weighted by atomic mass is 9.83. The van der Waals surface area contributed by atoms with Crippen molar-refractivity contribution in [3.8, 4) is 17.2 Å². The van der Waals surface area contributed by atoms with Gasteiger partial charge in [-0.05, 0) is 81.3 Å². The van der Waals surface area contributed by atoms with E-state index in [1.165, 1.54) is 7.11 Å². The number of esters is 1. The zero-order valence-electron chi connectivity index (χ0n) is 27.1. The minimum Gasteiger partial charge on any atom is -0.494 e. The largest absolute Gasteiger partial charge is 0.494 e. The number of ether oxygens (including phenoxy) is 5. The number of amides is 1. The van der Waals surface area contributed by atoms with Crippen molar-refractivity contribution < 1.29 is 38.4 Å². The summed E-state index contributed by atoms with van der Waals surface area (Å²) in [4.78, 5) is 32.4. The molecule has 252 valence electrons. The molecule has 3 aromatic rings. The topological polar surface area (TPSA) is 125 Å². The molecule has 0 saturated carbocycles. The van der Waals surface area contributed by atoms with E-state index >= 15 is 0 Å². The van der Waals surface area contributed by atoms with Gasteiger partial charge in [-0.1, -0.05) is 35.3 Å². The van der Waals surface area contributed by atoms with Gasteiger partial charge in [0.2, 0.25) is 5.90 Å². The van der Waals surface area contributed by atoms with Crippen LogP contribution in [0.1, 0.15) is 62.8 Å². The van der Waals surface area contributed by atoms with Crippen molar-refractivity contribution >= 4 is 41.0 Å². The van der Waals surface area contributed by atoms with Crippen molar-refractivity contribution in [1.29, 1.82) is 0 Å². The molecular formula is C35H40Cl2N2O8. The molecule has 1 amide bonds. The van der Waals surface area contributed by atoms with E-state index in [4.69, 9.17) is 57.0 Å². The molecule has 12 heteroatoms. The van der Waals surface area contributed by atoms with E-state index in [2.05, 4.69) is 5.32 Å². The zero-order chi connectivity index (χ0) is 34.2. The third-order valence-electron chi connectivity index (χ3n) is 7.31. The van der Waals surface area contributed by atoms with Gasteiger partial charge in [0.25, 0.3) is 5.91 Å². The van der Waals surface area contributed by atoms with E-state index in [9.17, 15) is 9.59 Å². The standard InChI is InChI=1S/C35H40Cl2N2O8/c1-34(2,3)47-30(41)15-16-35(33(42)38-21-22-7-14-28(43-4)29(19-22)44-5)31(26-13-10-24(36)20-27(26)37)46-32(39-35)23-8-11-25(12-9-23)45-18-6-17-40/h7-14,19-20,31,40H,6,15-18,21H2,1-5H3,(H,38,42)/t31-,35-/m1/s1. The van der Waals surface area contributed by atoms with Gasteiger partial charge < -0.3 is 34.1 Å². The number of nitrogens with zero attached hydrogens (tertiary/aromatic N) is 1. The normalized spacial score (nSPS) is 17.4. The van der Waals surface area contributed by atoms with Gasteiger partial charge in [-0.25, -0.2) is 4.99 Å². The number of halogens is 2. The first-order valence-electron chi connectivity index (χ1n) is 15.2. The molecule has 0 fully saturated rings. The lowest BCUT2D eigenvalue weighted by Gasteiger charge is -2.31. The average molecular weight is 688 g/mol. The van der Waals surface area contributed by atoms with Crippen molar-refractivity contribution in [3.05, 3.63) is 87.4 Å². The van der Waals surface area contributed by atoms with E-state index in [0.29, 0.717) is 46.4 Å². The highest BCUT2D eigenvalue weighted by Gasteiger charge is 2.54. The highest BCUT2D eigenvalue weighted by molar-refractivity contribution is 6.35. The summed E-state index contributed by atoms with van der Waals surface area (Å²) < 4.78 is 28.5. The number of rotatable bonds is 14. The van der Waals surface area contributed by atoms with E-state index in [-0.39, 0.29) is 36.9 Å². The van der Waals surface area contributed by atoms with Crippen LogP contribution in [0.2, 0.25) is 10.0 Å².